The highest BCUT2D eigenvalue weighted by Gasteiger charge is 2.07. The number of hydrogen-bond acceptors (Lipinski definition) is 5. The summed E-state index contributed by atoms with van der Waals surface area (Å²) in [6.45, 7) is 0.455. The number of carbonyl (C=O) groups is 2. The molecule has 1 aromatic carbocycles. The molecule has 0 atom stereocenters. The Morgan fingerprint density at radius 2 is 2.08 bits per heavy atom. The van der Waals surface area contributed by atoms with E-state index in [-0.39, 0.29) is 17.6 Å². The summed E-state index contributed by atoms with van der Waals surface area (Å²) in [4.78, 5) is 30.2. The minimum Gasteiger partial charge on any atom is -0.469 e. The fourth-order valence-corrected chi connectivity index (χ4v) is 2.84. The molecule has 2 N–H and O–H groups in total. The molecule has 1 amide bonds. The van der Waals surface area contributed by atoms with Crippen LogP contribution in [-0.2, 0) is 14.3 Å². The van der Waals surface area contributed by atoms with E-state index in [9.17, 15) is 9.59 Å². The standard InChI is InChI=1S/C16H18BrN3O3S/c1-23-15(22)3-2-8-18-14(21)10-24-16-19-9-13(20-16)11-4-6-12(17)7-5-11/h4-7,9H,2-3,8,10H2,1H3,(H,18,21)(H,19,20). The lowest BCUT2D eigenvalue weighted by Crippen LogP contribution is -2.26. The minimum absolute atomic E-state index is 0.0912. The molecule has 0 saturated heterocycles. The van der Waals surface area contributed by atoms with Crippen LogP contribution in [-0.4, -0.2) is 41.3 Å². The lowest BCUT2D eigenvalue weighted by atomic mass is 10.2. The summed E-state index contributed by atoms with van der Waals surface area (Å²) >= 11 is 4.74. The normalized spacial score (nSPS) is 10.4. The highest BCUT2D eigenvalue weighted by molar-refractivity contribution is 9.10. The van der Waals surface area contributed by atoms with E-state index in [1.165, 1.54) is 18.9 Å². The first-order chi connectivity index (χ1) is 11.6. The molecule has 24 heavy (non-hydrogen) atoms. The van der Waals surface area contributed by atoms with Crippen LogP contribution >= 0.6 is 27.7 Å². The molecule has 0 aliphatic heterocycles. The van der Waals surface area contributed by atoms with Gasteiger partial charge in [0, 0.05) is 17.4 Å². The number of nitrogens with zero attached hydrogens (tertiary/aromatic N) is 1. The number of thioether (sulfide) groups is 1. The second kappa shape index (κ2) is 9.48. The van der Waals surface area contributed by atoms with E-state index in [0.29, 0.717) is 24.5 Å². The van der Waals surface area contributed by atoms with Crippen molar-refractivity contribution < 1.29 is 14.3 Å². The van der Waals surface area contributed by atoms with Gasteiger partial charge in [-0.05, 0) is 24.1 Å². The Labute approximate surface area is 152 Å². The molecule has 0 aliphatic rings. The number of imidazole rings is 1. The fraction of sp³-hybridized carbons (Fsp3) is 0.312. The third kappa shape index (κ3) is 6.01. The molecule has 2 aromatic rings. The molecule has 128 valence electrons. The highest BCUT2D eigenvalue weighted by Crippen LogP contribution is 2.22. The van der Waals surface area contributed by atoms with Gasteiger partial charge in [0.2, 0.25) is 5.91 Å². The van der Waals surface area contributed by atoms with Crippen LogP contribution in [0.4, 0.5) is 0 Å². The molecule has 0 radical (unpaired) electrons. The van der Waals surface area contributed by atoms with Gasteiger partial charge < -0.3 is 15.0 Å². The van der Waals surface area contributed by atoms with E-state index in [1.807, 2.05) is 24.3 Å². The van der Waals surface area contributed by atoms with Gasteiger partial charge in [-0.1, -0.05) is 39.8 Å². The van der Waals surface area contributed by atoms with Crippen LogP contribution in [0.5, 0.6) is 0 Å². The summed E-state index contributed by atoms with van der Waals surface area (Å²) in [6.07, 6.45) is 2.62. The van der Waals surface area contributed by atoms with E-state index >= 15 is 0 Å². The van der Waals surface area contributed by atoms with Gasteiger partial charge in [0.15, 0.2) is 5.16 Å². The van der Waals surface area contributed by atoms with Crippen LogP contribution in [0.25, 0.3) is 11.3 Å². The first-order valence-corrected chi connectivity index (χ1v) is 9.13. The highest BCUT2D eigenvalue weighted by atomic mass is 79.9. The molecule has 6 nitrogen and oxygen atoms in total. The zero-order chi connectivity index (χ0) is 17.4. The van der Waals surface area contributed by atoms with Crippen LogP contribution in [0.3, 0.4) is 0 Å². The van der Waals surface area contributed by atoms with Crippen LogP contribution < -0.4 is 5.32 Å². The van der Waals surface area contributed by atoms with Gasteiger partial charge in [-0.25, -0.2) is 4.98 Å². The van der Waals surface area contributed by atoms with Crippen molar-refractivity contribution in [2.45, 2.75) is 18.0 Å². The third-order valence-electron chi connectivity index (χ3n) is 3.16. The SMILES string of the molecule is COC(=O)CCCNC(=O)CSc1ncc(-c2ccc(Br)cc2)[nH]1. The quantitative estimate of drug-likeness (QED) is 0.396. The maximum atomic E-state index is 11.7. The number of benzene rings is 1. The number of aromatic amines is 1. The van der Waals surface area contributed by atoms with Gasteiger partial charge in [-0.15, -0.1) is 0 Å². The van der Waals surface area contributed by atoms with E-state index in [4.69, 9.17) is 0 Å². The number of halogens is 1. The van der Waals surface area contributed by atoms with Crippen molar-refractivity contribution in [3.05, 3.63) is 34.9 Å². The number of ether oxygens (including phenoxy) is 1. The van der Waals surface area contributed by atoms with Crippen molar-refractivity contribution >= 4 is 39.6 Å². The molecule has 1 aromatic heterocycles. The van der Waals surface area contributed by atoms with Crippen LogP contribution in [0.15, 0.2) is 40.1 Å². The number of carbonyl (C=O) groups excluding carboxylic acids is 2. The Bertz CT molecular complexity index is 688. The first kappa shape index (κ1) is 18.5. The van der Waals surface area contributed by atoms with Crippen molar-refractivity contribution in [1.29, 1.82) is 0 Å². The largest absolute Gasteiger partial charge is 0.469 e. The smallest absolute Gasteiger partial charge is 0.305 e. The Hall–Kier alpha value is -1.80. The summed E-state index contributed by atoms with van der Waals surface area (Å²) < 4.78 is 5.55. The molecular formula is C16H18BrN3O3S. The molecule has 1 heterocycles. The number of rotatable bonds is 8. The minimum atomic E-state index is -0.269. The number of amides is 1. The summed E-state index contributed by atoms with van der Waals surface area (Å²) in [5.74, 6) is -0.0907. The van der Waals surface area contributed by atoms with Crippen molar-refractivity contribution in [3.8, 4) is 11.3 Å². The summed E-state index contributed by atoms with van der Waals surface area (Å²) in [5.41, 5.74) is 1.94. The van der Waals surface area contributed by atoms with Gasteiger partial charge in [0.1, 0.15) is 0 Å². The van der Waals surface area contributed by atoms with E-state index < -0.39 is 0 Å². The molecule has 0 spiro atoms. The molecule has 0 bridgehead atoms. The Morgan fingerprint density at radius 1 is 1.33 bits per heavy atom. The Balaban J connectivity index is 1.73. The maximum absolute atomic E-state index is 11.7. The van der Waals surface area contributed by atoms with Crippen molar-refractivity contribution in [2.75, 3.05) is 19.4 Å². The number of esters is 1. The summed E-state index contributed by atoms with van der Waals surface area (Å²) in [5, 5.41) is 3.45. The van der Waals surface area contributed by atoms with Gasteiger partial charge in [0.25, 0.3) is 0 Å². The molecule has 2 rings (SSSR count). The fourth-order valence-electron chi connectivity index (χ4n) is 1.90. The number of hydrogen-bond donors (Lipinski definition) is 2. The predicted molar refractivity (Wildman–Crippen MR) is 96.7 cm³/mol. The van der Waals surface area contributed by atoms with E-state index in [1.54, 1.807) is 6.20 Å². The zero-order valence-corrected chi connectivity index (χ0v) is 15.6. The second-order valence-electron chi connectivity index (χ2n) is 4.93. The second-order valence-corrected chi connectivity index (χ2v) is 6.81. The van der Waals surface area contributed by atoms with E-state index in [2.05, 4.69) is 36.0 Å². The molecule has 0 saturated carbocycles. The topological polar surface area (TPSA) is 84.1 Å². The van der Waals surface area contributed by atoms with Gasteiger partial charge in [-0.3, -0.25) is 9.59 Å². The number of methoxy groups -OCH3 is 1. The molecule has 8 heteroatoms. The van der Waals surface area contributed by atoms with Crippen molar-refractivity contribution in [3.63, 3.8) is 0 Å². The van der Waals surface area contributed by atoms with Gasteiger partial charge >= 0.3 is 5.97 Å². The monoisotopic (exact) mass is 411 g/mol. The Morgan fingerprint density at radius 3 is 2.79 bits per heavy atom. The van der Waals surface area contributed by atoms with Crippen LogP contribution in [0.1, 0.15) is 12.8 Å². The lowest BCUT2D eigenvalue weighted by Gasteiger charge is -2.03. The van der Waals surface area contributed by atoms with Crippen LogP contribution in [0, 0.1) is 0 Å². The number of nitrogens with one attached hydrogen (secondary N) is 2. The third-order valence-corrected chi connectivity index (χ3v) is 4.57. The molecule has 0 unspecified atom stereocenters. The maximum Gasteiger partial charge on any atom is 0.305 e. The molecule has 0 fully saturated rings. The van der Waals surface area contributed by atoms with Gasteiger partial charge in [-0.2, -0.15) is 0 Å². The Kier molecular flexibility index (Phi) is 7.33. The molecule has 0 aliphatic carbocycles. The first-order valence-electron chi connectivity index (χ1n) is 7.35. The average molecular weight is 412 g/mol. The summed E-state index contributed by atoms with van der Waals surface area (Å²) in [7, 11) is 1.35. The predicted octanol–water partition coefficient (Wildman–Crippen LogP) is 3.00. The van der Waals surface area contributed by atoms with Crippen molar-refractivity contribution in [1.82, 2.24) is 15.3 Å². The van der Waals surface area contributed by atoms with Crippen LogP contribution in [0.2, 0.25) is 0 Å². The molecular weight excluding hydrogens is 394 g/mol. The van der Waals surface area contributed by atoms with Crippen molar-refractivity contribution in [2.24, 2.45) is 0 Å². The van der Waals surface area contributed by atoms with Gasteiger partial charge in [0.05, 0.1) is 24.8 Å². The average Bonchev–Trinajstić information content (AvgIpc) is 3.06. The zero-order valence-electron chi connectivity index (χ0n) is 13.2. The summed E-state index contributed by atoms with van der Waals surface area (Å²) in [6, 6.07) is 7.90. The van der Waals surface area contributed by atoms with E-state index in [0.717, 1.165) is 15.7 Å². The lowest BCUT2D eigenvalue weighted by molar-refractivity contribution is -0.140. The number of H-pyrrole nitrogens is 1. The number of aromatic nitrogens is 2.